The topological polar surface area (TPSA) is 92.6 Å². The van der Waals surface area contributed by atoms with Gasteiger partial charge in [0.2, 0.25) is 5.91 Å². The fraction of sp³-hybridized carbons (Fsp3) is 0.111. The summed E-state index contributed by atoms with van der Waals surface area (Å²) >= 11 is 0. The highest BCUT2D eigenvalue weighted by Gasteiger charge is 2.18. The minimum absolute atomic E-state index is 0.148. The van der Waals surface area contributed by atoms with E-state index in [9.17, 15) is 9.59 Å². The van der Waals surface area contributed by atoms with Gasteiger partial charge >= 0.3 is 0 Å². The summed E-state index contributed by atoms with van der Waals surface area (Å²) in [4.78, 5) is 23.5. The van der Waals surface area contributed by atoms with Crippen molar-refractivity contribution in [3.8, 4) is 5.75 Å². The molecular weight excluding hydrogens is 322 g/mol. The standard InChI is InChI=1S/C18H15N3O4/c1-24-16-8-11-10-4-2-3-5-14(10)25-15(11)9-13(16)19-18(23)12-6-7-17(22)21-20-12/h2-6,8-9,20H,7H2,1H3,(H,19,23)(H,21,22). The minimum Gasteiger partial charge on any atom is -0.495 e. The molecule has 2 heterocycles. The van der Waals surface area contributed by atoms with Crippen LogP contribution in [0.5, 0.6) is 5.75 Å². The molecule has 7 heteroatoms. The van der Waals surface area contributed by atoms with E-state index in [2.05, 4.69) is 16.2 Å². The second-order valence-corrected chi connectivity index (χ2v) is 5.60. The lowest BCUT2D eigenvalue weighted by atomic mass is 10.1. The van der Waals surface area contributed by atoms with E-state index in [1.165, 1.54) is 13.2 Å². The van der Waals surface area contributed by atoms with Gasteiger partial charge < -0.3 is 14.5 Å². The molecule has 3 N–H and O–H groups in total. The summed E-state index contributed by atoms with van der Waals surface area (Å²) in [5, 5.41) is 4.67. The highest BCUT2D eigenvalue weighted by molar-refractivity contribution is 6.10. The zero-order valence-electron chi connectivity index (χ0n) is 13.4. The Hall–Kier alpha value is -3.48. The molecular formula is C18H15N3O4. The monoisotopic (exact) mass is 337 g/mol. The van der Waals surface area contributed by atoms with Gasteiger partial charge in [0, 0.05) is 23.3 Å². The molecule has 0 saturated carbocycles. The van der Waals surface area contributed by atoms with E-state index in [0.717, 1.165) is 16.4 Å². The van der Waals surface area contributed by atoms with Gasteiger partial charge in [-0.1, -0.05) is 18.2 Å². The Balaban J connectivity index is 1.72. The molecule has 4 rings (SSSR count). The van der Waals surface area contributed by atoms with Crippen LogP contribution in [0.3, 0.4) is 0 Å². The number of nitrogens with one attached hydrogen (secondary N) is 3. The van der Waals surface area contributed by atoms with E-state index in [1.807, 2.05) is 30.3 Å². The molecule has 2 amide bonds. The number of carbonyl (C=O) groups is 2. The maximum atomic E-state index is 12.4. The Labute approximate surface area is 142 Å². The number of amides is 2. The number of para-hydroxylation sites is 1. The Morgan fingerprint density at radius 1 is 1.16 bits per heavy atom. The number of methoxy groups -OCH3 is 1. The average molecular weight is 337 g/mol. The molecule has 25 heavy (non-hydrogen) atoms. The van der Waals surface area contributed by atoms with Gasteiger partial charge in [0.05, 0.1) is 12.8 Å². The van der Waals surface area contributed by atoms with Gasteiger partial charge in [-0.25, -0.2) is 0 Å². The summed E-state index contributed by atoms with van der Waals surface area (Å²) < 4.78 is 11.3. The Morgan fingerprint density at radius 2 is 2.00 bits per heavy atom. The third-order valence-electron chi connectivity index (χ3n) is 4.02. The molecule has 0 aliphatic carbocycles. The van der Waals surface area contributed by atoms with Crippen LogP contribution in [-0.2, 0) is 9.59 Å². The number of benzene rings is 2. The predicted molar refractivity (Wildman–Crippen MR) is 92.9 cm³/mol. The predicted octanol–water partition coefficient (Wildman–Crippen LogP) is 2.44. The van der Waals surface area contributed by atoms with Crippen molar-refractivity contribution in [1.29, 1.82) is 0 Å². The van der Waals surface area contributed by atoms with Crippen LogP contribution in [-0.4, -0.2) is 18.9 Å². The van der Waals surface area contributed by atoms with Crippen LogP contribution in [0.2, 0.25) is 0 Å². The first-order chi connectivity index (χ1) is 12.2. The molecule has 0 radical (unpaired) electrons. The van der Waals surface area contributed by atoms with Crippen LogP contribution < -0.4 is 20.9 Å². The Kier molecular flexibility index (Phi) is 3.53. The maximum absolute atomic E-state index is 12.4. The van der Waals surface area contributed by atoms with E-state index in [1.54, 1.807) is 6.07 Å². The zero-order valence-corrected chi connectivity index (χ0v) is 13.4. The van der Waals surface area contributed by atoms with Crippen molar-refractivity contribution in [2.75, 3.05) is 12.4 Å². The number of hydrazine groups is 1. The lowest BCUT2D eigenvalue weighted by Crippen LogP contribution is -2.43. The van der Waals surface area contributed by atoms with Crippen molar-refractivity contribution >= 4 is 39.4 Å². The number of fused-ring (bicyclic) bond motifs is 3. The molecule has 0 spiro atoms. The molecule has 126 valence electrons. The molecule has 0 bridgehead atoms. The fourth-order valence-corrected chi connectivity index (χ4v) is 2.79. The summed E-state index contributed by atoms with van der Waals surface area (Å²) in [7, 11) is 1.54. The van der Waals surface area contributed by atoms with Crippen LogP contribution in [0, 0.1) is 0 Å². The largest absolute Gasteiger partial charge is 0.495 e. The summed E-state index contributed by atoms with van der Waals surface area (Å²) in [6.45, 7) is 0. The molecule has 0 unspecified atom stereocenters. The molecule has 0 saturated heterocycles. The molecule has 0 atom stereocenters. The second-order valence-electron chi connectivity index (χ2n) is 5.60. The lowest BCUT2D eigenvalue weighted by molar-refractivity contribution is -0.121. The summed E-state index contributed by atoms with van der Waals surface area (Å²) in [5.41, 5.74) is 7.15. The van der Waals surface area contributed by atoms with Gasteiger partial charge in [-0.3, -0.25) is 20.4 Å². The minimum atomic E-state index is -0.381. The SMILES string of the molecule is COc1cc2c(cc1NC(=O)C1=CCC(=O)NN1)oc1ccccc12. The number of anilines is 1. The summed E-state index contributed by atoms with van der Waals surface area (Å²) in [6.07, 6.45) is 1.68. The quantitative estimate of drug-likeness (QED) is 0.683. The summed E-state index contributed by atoms with van der Waals surface area (Å²) in [6, 6.07) is 11.3. The van der Waals surface area contributed by atoms with Crippen molar-refractivity contribution in [3.63, 3.8) is 0 Å². The number of carbonyl (C=O) groups excluding carboxylic acids is 2. The first-order valence-electron chi connectivity index (χ1n) is 7.71. The number of rotatable bonds is 3. The van der Waals surface area contributed by atoms with Crippen molar-refractivity contribution in [2.24, 2.45) is 0 Å². The van der Waals surface area contributed by atoms with Gasteiger partial charge in [-0.2, -0.15) is 0 Å². The zero-order chi connectivity index (χ0) is 17.4. The van der Waals surface area contributed by atoms with Crippen molar-refractivity contribution in [2.45, 2.75) is 6.42 Å². The average Bonchev–Trinajstić information content (AvgIpc) is 2.99. The van der Waals surface area contributed by atoms with Gasteiger partial charge in [0.25, 0.3) is 5.91 Å². The normalized spacial score (nSPS) is 14.0. The Bertz CT molecular complexity index is 1040. The van der Waals surface area contributed by atoms with Crippen molar-refractivity contribution in [1.82, 2.24) is 10.9 Å². The first kappa shape index (κ1) is 15.1. The van der Waals surface area contributed by atoms with E-state index < -0.39 is 0 Å². The highest BCUT2D eigenvalue weighted by atomic mass is 16.5. The highest BCUT2D eigenvalue weighted by Crippen LogP contribution is 2.36. The first-order valence-corrected chi connectivity index (χ1v) is 7.71. The lowest BCUT2D eigenvalue weighted by Gasteiger charge is -2.17. The molecule has 1 aliphatic heterocycles. The van der Waals surface area contributed by atoms with Crippen molar-refractivity contribution < 1.29 is 18.7 Å². The molecule has 1 aliphatic rings. The number of furan rings is 1. The molecule has 2 aromatic carbocycles. The van der Waals surface area contributed by atoms with Crippen LogP contribution in [0.4, 0.5) is 5.69 Å². The number of hydrogen-bond donors (Lipinski definition) is 3. The van der Waals surface area contributed by atoms with E-state index in [-0.39, 0.29) is 23.9 Å². The van der Waals surface area contributed by atoms with Crippen LogP contribution in [0.25, 0.3) is 21.9 Å². The fourth-order valence-electron chi connectivity index (χ4n) is 2.79. The summed E-state index contributed by atoms with van der Waals surface area (Å²) in [5.74, 6) is -0.0561. The van der Waals surface area contributed by atoms with E-state index in [0.29, 0.717) is 17.0 Å². The third kappa shape index (κ3) is 2.65. The smallest absolute Gasteiger partial charge is 0.273 e. The number of hydrogen-bond acceptors (Lipinski definition) is 5. The van der Waals surface area contributed by atoms with Gasteiger partial charge in [0.15, 0.2) is 0 Å². The molecule has 7 nitrogen and oxygen atoms in total. The Morgan fingerprint density at radius 3 is 2.76 bits per heavy atom. The second kappa shape index (κ2) is 5.86. The molecule has 1 aromatic heterocycles. The van der Waals surface area contributed by atoms with Crippen LogP contribution >= 0.6 is 0 Å². The molecule has 3 aromatic rings. The molecule has 0 fully saturated rings. The van der Waals surface area contributed by atoms with Gasteiger partial charge in [-0.15, -0.1) is 0 Å². The van der Waals surface area contributed by atoms with Crippen LogP contribution in [0.1, 0.15) is 6.42 Å². The van der Waals surface area contributed by atoms with Crippen molar-refractivity contribution in [3.05, 3.63) is 48.2 Å². The van der Waals surface area contributed by atoms with Crippen LogP contribution in [0.15, 0.2) is 52.6 Å². The van der Waals surface area contributed by atoms with E-state index in [4.69, 9.17) is 9.15 Å². The maximum Gasteiger partial charge on any atom is 0.273 e. The van der Waals surface area contributed by atoms with Gasteiger partial charge in [-0.05, 0) is 18.2 Å². The third-order valence-corrected chi connectivity index (χ3v) is 4.02. The van der Waals surface area contributed by atoms with E-state index >= 15 is 0 Å². The van der Waals surface area contributed by atoms with Gasteiger partial charge in [0.1, 0.15) is 22.6 Å². The number of ether oxygens (including phenoxy) is 1.